The summed E-state index contributed by atoms with van der Waals surface area (Å²) in [4.78, 5) is 12.6. The van der Waals surface area contributed by atoms with Gasteiger partial charge in [0.05, 0.1) is 5.69 Å². The minimum absolute atomic E-state index is 0.0200. The Bertz CT molecular complexity index is 1280. The van der Waals surface area contributed by atoms with Gasteiger partial charge in [0, 0.05) is 36.7 Å². The van der Waals surface area contributed by atoms with Gasteiger partial charge in [-0.3, -0.25) is 4.79 Å². The summed E-state index contributed by atoms with van der Waals surface area (Å²) in [5.74, 6) is 1.64. The number of aromatic nitrogens is 1. The van der Waals surface area contributed by atoms with E-state index in [-0.39, 0.29) is 17.9 Å². The van der Waals surface area contributed by atoms with Crippen LogP contribution in [0.3, 0.4) is 0 Å². The van der Waals surface area contributed by atoms with E-state index in [1.54, 1.807) is 4.57 Å². The highest BCUT2D eigenvalue weighted by Gasteiger charge is 2.24. The quantitative estimate of drug-likeness (QED) is 0.269. The number of carbonyl (C=O) groups excluding carboxylic acids is 1. The molecule has 0 N–H and O–H groups in total. The Morgan fingerprint density at radius 2 is 1.73 bits per heavy atom. The predicted octanol–water partition coefficient (Wildman–Crippen LogP) is 7.28. The Morgan fingerprint density at radius 3 is 2.45 bits per heavy atom. The Labute approximate surface area is 193 Å². The third-order valence-corrected chi connectivity index (χ3v) is 6.26. The summed E-state index contributed by atoms with van der Waals surface area (Å²) >= 11 is 0. The van der Waals surface area contributed by atoms with Crippen LogP contribution in [-0.2, 0) is 24.2 Å². The van der Waals surface area contributed by atoms with E-state index < -0.39 is 6.43 Å². The van der Waals surface area contributed by atoms with E-state index in [9.17, 15) is 13.6 Å². The number of carbonyl (C=O) groups is 1. The van der Waals surface area contributed by atoms with Gasteiger partial charge in [-0.25, -0.2) is 8.78 Å². The van der Waals surface area contributed by atoms with Crippen molar-refractivity contribution in [2.45, 2.75) is 59.4 Å². The number of Topliss-reactive ketones (excluding diaryl/α,β-unsaturated/α-hetero) is 1. The van der Waals surface area contributed by atoms with Crippen LogP contribution in [0.25, 0.3) is 10.9 Å². The Hall–Kier alpha value is -3.21. The Kier molecular flexibility index (Phi) is 6.77. The maximum Gasteiger partial charge on any atom is 0.278 e. The molecule has 172 valence electrons. The van der Waals surface area contributed by atoms with E-state index in [4.69, 9.17) is 4.42 Å². The molecule has 0 spiro atoms. The van der Waals surface area contributed by atoms with Gasteiger partial charge in [0.15, 0.2) is 0 Å². The molecule has 0 saturated carbocycles. The van der Waals surface area contributed by atoms with Crippen molar-refractivity contribution in [1.29, 1.82) is 0 Å². The third-order valence-electron chi connectivity index (χ3n) is 6.26. The first kappa shape index (κ1) is 23.0. The van der Waals surface area contributed by atoms with Crippen LogP contribution in [-0.4, -0.2) is 10.4 Å². The second-order valence-corrected chi connectivity index (χ2v) is 8.75. The molecule has 0 aliphatic carbocycles. The van der Waals surface area contributed by atoms with Crippen LogP contribution in [0.1, 0.15) is 58.7 Å². The van der Waals surface area contributed by atoms with Crippen LogP contribution in [0.5, 0.6) is 0 Å². The fraction of sp³-hybridized carbons (Fsp3) is 0.321. The minimum atomic E-state index is -2.63. The molecule has 2 aromatic heterocycles. The molecule has 0 bridgehead atoms. The topological polar surface area (TPSA) is 35.1 Å². The number of hydrogen-bond acceptors (Lipinski definition) is 2. The SMILES string of the molecule is Cc1ccc(C)c(Cn2c(C(F)F)c(CCC(=O)CCc3ccc(C)o3)c3ccccc32)c1. The summed E-state index contributed by atoms with van der Waals surface area (Å²) in [5, 5.41) is 0.799. The molecular weight excluding hydrogens is 420 g/mol. The molecule has 2 heterocycles. The molecule has 4 aromatic rings. The molecule has 0 atom stereocenters. The van der Waals surface area contributed by atoms with Crippen LogP contribution >= 0.6 is 0 Å². The van der Waals surface area contributed by atoms with Crippen molar-refractivity contribution in [2.75, 3.05) is 0 Å². The van der Waals surface area contributed by atoms with Crippen LogP contribution in [0.15, 0.2) is 59.0 Å². The molecular formula is C28H29F2NO2. The summed E-state index contributed by atoms with van der Waals surface area (Å²) in [6, 6.07) is 17.4. The van der Waals surface area contributed by atoms with Crippen LogP contribution in [0.4, 0.5) is 8.78 Å². The zero-order valence-corrected chi connectivity index (χ0v) is 19.3. The molecule has 0 fully saturated rings. The number of fused-ring (bicyclic) bond motifs is 1. The van der Waals surface area contributed by atoms with Gasteiger partial charge in [0.25, 0.3) is 6.43 Å². The number of aryl methyl sites for hydroxylation is 5. The molecule has 3 nitrogen and oxygen atoms in total. The first-order valence-electron chi connectivity index (χ1n) is 11.3. The monoisotopic (exact) mass is 449 g/mol. The maximum atomic E-state index is 14.4. The molecule has 4 rings (SSSR count). The number of halogens is 2. The Balaban J connectivity index is 1.61. The summed E-state index contributed by atoms with van der Waals surface area (Å²) in [5.41, 5.74) is 4.57. The largest absolute Gasteiger partial charge is 0.466 e. The lowest BCUT2D eigenvalue weighted by Crippen LogP contribution is -2.09. The molecule has 5 heteroatoms. The molecule has 0 aliphatic rings. The van der Waals surface area contributed by atoms with E-state index in [0.717, 1.165) is 39.1 Å². The number of benzene rings is 2. The highest BCUT2D eigenvalue weighted by molar-refractivity contribution is 5.87. The summed E-state index contributed by atoms with van der Waals surface area (Å²) in [6.45, 7) is 6.25. The van der Waals surface area contributed by atoms with Gasteiger partial charge in [0.1, 0.15) is 17.3 Å². The van der Waals surface area contributed by atoms with Gasteiger partial charge in [-0.1, -0.05) is 42.0 Å². The van der Waals surface area contributed by atoms with E-state index in [1.165, 1.54) is 0 Å². The standard InChI is InChI=1S/C28H29F2NO2/c1-18-8-9-19(2)21(16-18)17-31-26-7-5-4-6-24(26)25(27(31)28(29)30)15-12-22(32)11-14-23-13-10-20(3)33-23/h4-10,13,16,28H,11-12,14-15,17H2,1-3H3. The minimum Gasteiger partial charge on any atom is -0.466 e. The fourth-order valence-electron chi connectivity index (χ4n) is 4.49. The van der Waals surface area contributed by atoms with E-state index in [2.05, 4.69) is 6.07 Å². The lowest BCUT2D eigenvalue weighted by atomic mass is 10.0. The van der Waals surface area contributed by atoms with Gasteiger partial charge in [0.2, 0.25) is 0 Å². The first-order chi connectivity index (χ1) is 15.8. The fourth-order valence-corrected chi connectivity index (χ4v) is 4.49. The van der Waals surface area contributed by atoms with E-state index >= 15 is 0 Å². The van der Waals surface area contributed by atoms with Gasteiger partial charge < -0.3 is 8.98 Å². The second-order valence-electron chi connectivity index (χ2n) is 8.75. The van der Waals surface area contributed by atoms with Crippen molar-refractivity contribution in [3.63, 3.8) is 0 Å². The normalized spacial score (nSPS) is 11.6. The molecule has 0 saturated heterocycles. The molecule has 0 unspecified atom stereocenters. The van der Waals surface area contributed by atoms with Crippen molar-refractivity contribution in [2.24, 2.45) is 0 Å². The second kappa shape index (κ2) is 9.74. The highest BCUT2D eigenvalue weighted by Crippen LogP contribution is 2.35. The number of alkyl halides is 2. The van der Waals surface area contributed by atoms with Crippen molar-refractivity contribution >= 4 is 16.7 Å². The molecule has 0 amide bonds. The first-order valence-corrected chi connectivity index (χ1v) is 11.3. The van der Waals surface area contributed by atoms with Crippen LogP contribution in [0, 0.1) is 20.8 Å². The average Bonchev–Trinajstić information content (AvgIpc) is 3.34. The van der Waals surface area contributed by atoms with Crippen molar-refractivity contribution in [3.8, 4) is 0 Å². The number of rotatable bonds is 9. The highest BCUT2D eigenvalue weighted by atomic mass is 19.3. The number of nitrogens with zero attached hydrogens (tertiary/aromatic N) is 1. The zero-order chi connectivity index (χ0) is 23.5. The van der Waals surface area contributed by atoms with Crippen molar-refractivity contribution < 1.29 is 18.0 Å². The number of para-hydroxylation sites is 1. The van der Waals surface area contributed by atoms with Gasteiger partial charge in [-0.2, -0.15) is 0 Å². The van der Waals surface area contributed by atoms with Gasteiger partial charge in [-0.05, 0) is 62.1 Å². The number of ketones is 1. The maximum absolute atomic E-state index is 14.4. The summed E-state index contributed by atoms with van der Waals surface area (Å²) in [7, 11) is 0. The lowest BCUT2D eigenvalue weighted by Gasteiger charge is -2.14. The van der Waals surface area contributed by atoms with E-state index in [0.29, 0.717) is 31.4 Å². The predicted molar refractivity (Wildman–Crippen MR) is 127 cm³/mol. The smallest absolute Gasteiger partial charge is 0.278 e. The van der Waals surface area contributed by atoms with Gasteiger partial charge in [-0.15, -0.1) is 0 Å². The number of hydrogen-bond donors (Lipinski definition) is 0. The zero-order valence-electron chi connectivity index (χ0n) is 19.3. The van der Waals surface area contributed by atoms with E-state index in [1.807, 2.05) is 69.3 Å². The summed E-state index contributed by atoms with van der Waals surface area (Å²) in [6.07, 6.45) is -1.22. The van der Waals surface area contributed by atoms with Gasteiger partial charge >= 0.3 is 0 Å². The average molecular weight is 450 g/mol. The summed E-state index contributed by atoms with van der Waals surface area (Å²) < 4.78 is 36.0. The Morgan fingerprint density at radius 1 is 0.970 bits per heavy atom. The third kappa shape index (κ3) is 5.08. The lowest BCUT2D eigenvalue weighted by molar-refractivity contribution is -0.119. The van der Waals surface area contributed by atoms with Crippen LogP contribution in [0.2, 0.25) is 0 Å². The molecule has 33 heavy (non-hydrogen) atoms. The van der Waals surface area contributed by atoms with Crippen molar-refractivity contribution in [3.05, 3.63) is 94.1 Å². The molecule has 2 aromatic carbocycles. The van der Waals surface area contributed by atoms with Crippen LogP contribution < -0.4 is 0 Å². The molecule has 0 aliphatic heterocycles. The van der Waals surface area contributed by atoms with Crippen molar-refractivity contribution in [1.82, 2.24) is 4.57 Å². The molecule has 0 radical (unpaired) electrons. The number of furan rings is 1.